The Labute approximate surface area is 163 Å². The zero-order chi connectivity index (χ0) is 19.8. The van der Waals surface area contributed by atoms with Gasteiger partial charge in [0.25, 0.3) is 0 Å². The summed E-state index contributed by atoms with van der Waals surface area (Å²) in [5.41, 5.74) is 7.07. The first kappa shape index (κ1) is 20.7. The molecule has 0 saturated heterocycles. The quantitative estimate of drug-likeness (QED) is 0.557. The van der Waals surface area contributed by atoms with Crippen molar-refractivity contribution in [1.82, 2.24) is 15.0 Å². The number of hydrogen-bond acceptors (Lipinski definition) is 3. The van der Waals surface area contributed by atoms with Crippen molar-refractivity contribution in [1.29, 1.82) is 0 Å². The monoisotopic (exact) mass is 364 g/mol. The molecular weight excluding hydrogens is 332 g/mol. The van der Waals surface area contributed by atoms with Crippen LogP contribution in [-0.2, 0) is 13.1 Å². The van der Waals surface area contributed by atoms with Crippen molar-refractivity contribution in [2.24, 2.45) is 0 Å². The third-order valence-electron chi connectivity index (χ3n) is 4.55. The zero-order valence-electron chi connectivity index (χ0n) is 17.5. The molecule has 0 bridgehead atoms. The number of aromatic nitrogens is 3. The summed E-state index contributed by atoms with van der Waals surface area (Å²) < 4.78 is 2.01. The van der Waals surface area contributed by atoms with Gasteiger partial charge < -0.3 is 4.90 Å². The van der Waals surface area contributed by atoms with E-state index in [4.69, 9.17) is 0 Å². The molecule has 0 spiro atoms. The lowest BCUT2D eigenvalue weighted by molar-refractivity contribution is 0.632. The fourth-order valence-corrected chi connectivity index (χ4v) is 3.39. The van der Waals surface area contributed by atoms with Crippen LogP contribution < -0.4 is 4.90 Å². The van der Waals surface area contributed by atoms with Crippen molar-refractivity contribution in [2.45, 2.75) is 54.6 Å². The molecule has 1 aromatic heterocycles. The molecular formula is C23H32N4. The van der Waals surface area contributed by atoms with Crippen LogP contribution in [0.5, 0.6) is 0 Å². The van der Waals surface area contributed by atoms with Gasteiger partial charge in [0.1, 0.15) is 5.69 Å². The van der Waals surface area contributed by atoms with Crippen molar-refractivity contribution >= 4 is 5.69 Å². The molecule has 2 heterocycles. The summed E-state index contributed by atoms with van der Waals surface area (Å²) >= 11 is 0. The smallest absolute Gasteiger partial charge is 0.123 e. The highest BCUT2D eigenvalue weighted by Crippen LogP contribution is 2.40. The molecule has 1 aliphatic heterocycles. The van der Waals surface area contributed by atoms with Gasteiger partial charge >= 0.3 is 0 Å². The summed E-state index contributed by atoms with van der Waals surface area (Å²) in [6, 6.07) is 17.1. The highest BCUT2D eigenvalue weighted by Gasteiger charge is 2.25. The molecule has 0 radical (unpaired) electrons. The van der Waals surface area contributed by atoms with Crippen LogP contribution in [0.25, 0.3) is 22.5 Å². The molecule has 144 valence electrons. The van der Waals surface area contributed by atoms with Gasteiger partial charge in [0, 0.05) is 36.4 Å². The SMILES string of the molecule is CC.CC.CCN1Cc2ccccc2-c2c(nnn2CC)-c2ccccc21. The maximum atomic E-state index is 4.52. The van der Waals surface area contributed by atoms with Crippen molar-refractivity contribution < 1.29 is 0 Å². The van der Waals surface area contributed by atoms with E-state index in [1.165, 1.54) is 22.4 Å². The summed E-state index contributed by atoms with van der Waals surface area (Å²) in [5.74, 6) is 0. The second-order valence-corrected chi connectivity index (χ2v) is 5.79. The van der Waals surface area contributed by atoms with E-state index in [1.54, 1.807) is 0 Å². The third kappa shape index (κ3) is 3.90. The fraction of sp³-hybridized carbons (Fsp3) is 0.391. The van der Waals surface area contributed by atoms with Crippen LogP contribution in [0.2, 0.25) is 0 Å². The molecule has 0 saturated carbocycles. The van der Waals surface area contributed by atoms with Crippen LogP contribution in [-0.4, -0.2) is 21.5 Å². The summed E-state index contributed by atoms with van der Waals surface area (Å²) in [4.78, 5) is 2.40. The van der Waals surface area contributed by atoms with Crippen molar-refractivity contribution in [3.63, 3.8) is 0 Å². The van der Waals surface area contributed by atoms with Gasteiger partial charge in [-0.3, -0.25) is 0 Å². The van der Waals surface area contributed by atoms with Crippen molar-refractivity contribution in [2.75, 3.05) is 11.4 Å². The molecule has 2 aromatic carbocycles. The van der Waals surface area contributed by atoms with Gasteiger partial charge in [-0.1, -0.05) is 75.4 Å². The van der Waals surface area contributed by atoms with Gasteiger partial charge in [0.15, 0.2) is 0 Å². The number of rotatable bonds is 2. The van der Waals surface area contributed by atoms with E-state index in [0.29, 0.717) is 0 Å². The van der Waals surface area contributed by atoms with Gasteiger partial charge in [-0.25, -0.2) is 4.68 Å². The van der Waals surface area contributed by atoms with E-state index in [2.05, 4.69) is 77.6 Å². The molecule has 4 nitrogen and oxygen atoms in total. The average Bonchev–Trinajstić information content (AvgIpc) is 3.17. The Hall–Kier alpha value is -2.62. The summed E-state index contributed by atoms with van der Waals surface area (Å²) in [6.07, 6.45) is 0. The van der Waals surface area contributed by atoms with E-state index in [0.717, 1.165) is 31.0 Å². The molecule has 0 atom stereocenters. The minimum atomic E-state index is 0.816. The normalized spacial score (nSPS) is 11.4. The number of hydrogen-bond donors (Lipinski definition) is 0. The van der Waals surface area contributed by atoms with Gasteiger partial charge in [0.2, 0.25) is 0 Å². The maximum Gasteiger partial charge on any atom is 0.123 e. The van der Waals surface area contributed by atoms with Crippen molar-refractivity contribution in [3.05, 3.63) is 54.1 Å². The number of para-hydroxylation sites is 1. The first-order valence-electron chi connectivity index (χ1n) is 10.2. The predicted molar refractivity (Wildman–Crippen MR) is 116 cm³/mol. The molecule has 4 rings (SSSR count). The average molecular weight is 365 g/mol. The molecule has 0 N–H and O–H groups in total. The Morgan fingerprint density at radius 3 is 2.11 bits per heavy atom. The molecule has 0 aliphatic carbocycles. The Kier molecular flexibility index (Phi) is 7.59. The van der Waals surface area contributed by atoms with E-state index in [1.807, 2.05) is 32.4 Å². The van der Waals surface area contributed by atoms with Crippen LogP contribution in [0.1, 0.15) is 47.1 Å². The molecule has 1 aliphatic rings. The van der Waals surface area contributed by atoms with Crippen LogP contribution in [0.3, 0.4) is 0 Å². The molecule has 4 heteroatoms. The maximum absolute atomic E-state index is 4.52. The van der Waals surface area contributed by atoms with Crippen LogP contribution in [0.4, 0.5) is 5.69 Å². The fourth-order valence-electron chi connectivity index (χ4n) is 3.39. The summed E-state index contributed by atoms with van der Waals surface area (Å²) in [7, 11) is 0. The molecule has 0 fully saturated rings. The lowest BCUT2D eigenvalue weighted by atomic mass is 9.95. The highest BCUT2D eigenvalue weighted by molar-refractivity contribution is 5.87. The highest BCUT2D eigenvalue weighted by atomic mass is 15.4. The second kappa shape index (κ2) is 9.91. The summed E-state index contributed by atoms with van der Waals surface area (Å²) in [6.45, 7) is 15.0. The first-order chi connectivity index (χ1) is 13.3. The molecule has 27 heavy (non-hydrogen) atoms. The zero-order valence-corrected chi connectivity index (χ0v) is 17.5. The largest absolute Gasteiger partial charge is 0.367 e. The number of nitrogens with zero attached hydrogens (tertiary/aromatic N) is 4. The van der Waals surface area contributed by atoms with Crippen LogP contribution >= 0.6 is 0 Å². The third-order valence-corrected chi connectivity index (χ3v) is 4.55. The summed E-state index contributed by atoms with van der Waals surface area (Å²) in [5, 5.41) is 8.92. The Bertz CT molecular complexity index is 851. The van der Waals surface area contributed by atoms with Gasteiger partial charge in [0.05, 0.1) is 5.69 Å². The number of aryl methyl sites for hydroxylation is 1. The Balaban J connectivity index is 0.000000614. The van der Waals surface area contributed by atoms with E-state index in [-0.39, 0.29) is 0 Å². The minimum Gasteiger partial charge on any atom is -0.367 e. The van der Waals surface area contributed by atoms with Gasteiger partial charge in [-0.15, -0.1) is 5.10 Å². The standard InChI is InChI=1S/C19H20N4.2C2H6/c1-3-22-13-14-9-5-6-10-15(14)19-18(20-21-23(19)4-2)16-11-7-8-12-17(16)22;2*1-2/h5-12H,3-4,13H2,1-2H3;2*1-2H3. The Morgan fingerprint density at radius 2 is 1.44 bits per heavy atom. The van der Waals surface area contributed by atoms with Crippen LogP contribution in [0, 0.1) is 0 Å². The van der Waals surface area contributed by atoms with Crippen LogP contribution in [0.15, 0.2) is 48.5 Å². The Morgan fingerprint density at radius 1 is 0.815 bits per heavy atom. The number of anilines is 1. The number of benzene rings is 2. The number of fused-ring (bicyclic) bond motifs is 5. The molecule has 0 amide bonds. The van der Waals surface area contributed by atoms with Crippen molar-refractivity contribution in [3.8, 4) is 22.5 Å². The van der Waals surface area contributed by atoms with Gasteiger partial charge in [-0.05, 0) is 25.5 Å². The minimum absolute atomic E-state index is 0.816. The second-order valence-electron chi connectivity index (χ2n) is 5.79. The lowest BCUT2D eigenvalue weighted by Gasteiger charge is -2.29. The molecule has 0 unspecified atom stereocenters. The van der Waals surface area contributed by atoms with Gasteiger partial charge in [-0.2, -0.15) is 0 Å². The lowest BCUT2D eigenvalue weighted by Crippen LogP contribution is -2.24. The predicted octanol–water partition coefficient (Wildman–Crippen LogP) is 6.02. The first-order valence-corrected chi connectivity index (χ1v) is 10.2. The van der Waals surface area contributed by atoms with E-state index < -0.39 is 0 Å². The molecule has 3 aromatic rings. The van der Waals surface area contributed by atoms with E-state index in [9.17, 15) is 0 Å². The van der Waals surface area contributed by atoms with E-state index >= 15 is 0 Å². The topological polar surface area (TPSA) is 34.0 Å².